The third kappa shape index (κ3) is 5.49. The number of terminal acetylenes is 1. The van der Waals surface area contributed by atoms with Gasteiger partial charge in [0.05, 0.1) is 0 Å². The Morgan fingerprint density at radius 2 is 2.00 bits per heavy atom. The molecule has 1 unspecified atom stereocenters. The molecule has 2 atom stereocenters. The number of fused-ring (bicyclic) bond motifs is 1. The highest BCUT2D eigenvalue weighted by Crippen LogP contribution is 2.37. The highest BCUT2D eigenvalue weighted by atomic mass is 16.4. The fraction of sp³-hybridized carbons (Fsp3) is 0.517. The second-order valence-corrected chi connectivity index (χ2v) is 11.2. The first kappa shape index (κ1) is 27.5. The number of hydrogen-bond acceptors (Lipinski definition) is 8. The highest BCUT2D eigenvalue weighted by Gasteiger charge is 2.36. The molecule has 0 spiro atoms. The maximum Gasteiger partial charge on any atom is 0.410 e. The van der Waals surface area contributed by atoms with Crippen LogP contribution in [0, 0.1) is 35.5 Å². The predicted molar refractivity (Wildman–Crippen MR) is 151 cm³/mol. The normalized spacial score (nSPS) is 21.6. The molecule has 2 aliphatic rings. The number of aromatic nitrogens is 5. The molecule has 0 saturated heterocycles. The van der Waals surface area contributed by atoms with Crippen LogP contribution in [0.15, 0.2) is 24.5 Å². The van der Waals surface area contributed by atoms with Crippen LogP contribution < -0.4 is 10.6 Å². The minimum Gasteiger partial charge on any atom is -0.465 e. The van der Waals surface area contributed by atoms with Gasteiger partial charge in [-0.25, -0.2) is 19.7 Å². The van der Waals surface area contributed by atoms with Crippen molar-refractivity contribution in [3.05, 3.63) is 41.7 Å². The van der Waals surface area contributed by atoms with Gasteiger partial charge < -0.3 is 20.1 Å². The number of hydrogen-bond donors (Lipinski definition) is 5. The minimum atomic E-state index is -1.51. The van der Waals surface area contributed by atoms with Gasteiger partial charge in [0.1, 0.15) is 16.9 Å². The zero-order chi connectivity index (χ0) is 28.4. The first-order valence-electron chi connectivity index (χ1n) is 13.9. The van der Waals surface area contributed by atoms with Crippen molar-refractivity contribution in [3.8, 4) is 12.3 Å². The van der Waals surface area contributed by atoms with Crippen molar-refractivity contribution in [3.63, 3.8) is 0 Å². The van der Waals surface area contributed by atoms with Gasteiger partial charge in [0.15, 0.2) is 23.1 Å². The number of imidazole rings is 1. The first-order valence-corrected chi connectivity index (χ1v) is 13.9. The summed E-state index contributed by atoms with van der Waals surface area (Å²) in [6, 6.07) is 3.66. The summed E-state index contributed by atoms with van der Waals surface area (Å²) in [5.41, 5.74) is -0.0270. The molecule has 1 amide bonds. The van der Waals surface area contributed by atoms with Crippen LogP contribution in [0.1, 0.15) is 76.0 Å². The highest BCUT2D eigenvalue weighted by molar-refractivity contribution is 6.03. The maximum atomic E-state index is 11.9. The van der Waals surface area contributed by atoms with E-state index in [1.165, 1.54) is 6.42 Å². The predicted octanol–water partition coefficient (Wildman–Crippen LogP) is 4.11. The monoisotopic (exact) mass is 544 g/mol. The lowest BCUT2D eigenvalue weighted by atomic mass is 9.80. The number of rotatable bonds is 8. The van der Waals surface area contributed by atoms with E-state index in [-0.39, 0.29) is 23.4 Å². The second kappa shape index (κ2) is 11.2. The van der Waals surface area contributed by atoms with E-state index in [0.717, 1.165) is 38.5 Å². The van der Waals surface area contributed by atoms with Crippen LogP contribution in [0.5, 0.6) is 0 Å². The van der Waals surface area contributed by atoms with E-state index in [1.54, 1.807) is 31.5 Å². The van der Waals surface area contributed by atoms with Gasteiger partial charge >= 0.3 is 6.09 Å². The van der Waals surface area contributed by atoms with Crippen LogP contribution in [0.2, 0.25) is 0 Å². The van der Waals surface area contributed by atoms with Crippen LogP contribution in [0.25, 0.3) is 11.2 Å². The van der Waals surface area contributed by atoms with Gasteiger partial charge in [0.2, 0.25) is 0 Å². The molecule has 3 aromatic rings. The third-order valence-electron chi connectivity index (χ3n) is 8.46. The number of amides is 1. The molecule has 2 aliphatic carbocycles. The van der Waals surface area contributed by atoms with Gasteiger partial charge in [-0.05, 0) is 70.3 Å². The van der Waals surface area contributed by atoms with Crippen LogP contribution in [-0.2, 0) is 12.1 Å². The van der Waals surface area contributed by atoms with E-state index >= 15 is 0 Å². The van der Waals surface area contributed by atoms with Gasteiger partial charge in [-0.3, -0.25) is 15.7 Å². The molecule has 11 nitrogen and oxygen atoms in total. The van der Waals surface area contributed by atoms with Crippen molar-refractivity contribution in [2.24, 2.45) is 17.8 Å². The molecule has 2 fully saturated rings. The Morgan fingerprint density at radius 3 is 2.60 bits per heavy atom. The summed E-state index contributed by atoms with van der Waals surface area (Å²) in [7, 11) is 0. The Hall–Kier alpha value is -4.04. The van der Waals surface area contributed by atoms with Gasteiger partial charge in [0, 0.05) is 36.5 Å². The number of amidine groups is 1. The Bertz CT molecular complexity index is 1430. The molecule has 0 bridgehead atoms. The molecule has 0 aliphatic heterocycles. The Morgan fingerprint density at radius 1 is 1.25 bits per heavy atom. The smallest absolute Gasteiger partial charge is 0.410 e. The fourth-order valence-electron chi connectivity index (χ4n) is 5.78. The van der Waals surface area contributed by atoms with Crippen molar-refractivity contribution in [2.45, 2.75) is 77.0 Å². The lowest BCUT2D eigenvalue weighted by molar-refractivity contribution is 0.0863. The average molecular weight is 545 g/mol. The number of nitrogens with zero attached hydrogens (tertiary/aromatic N) is 5. The molecule has 3 aromatic heterocycles. The Labute approximate surface area is 233 Å². The quantitative estimate of drug-likeness (QED) is 0.161. The first-order chi connectivity index (χ1) is 19.2. The van der Waals surface area contributed by atoms with Crippen molar-refractivity contribution in [1.82, 2.24) is 29.8 Å². The molecule has 0 radical (unpaired) electrons. The standard InChI is InChI=1S/C29H36N8O3/c1-4-18-10-12-19(13-11-18)16-37-22-24(32-17(2)20-7-5-8-20)34-26(23(30)33-28(38)39)35-25(22)36-27(37)29(3,40)21-9-6-14-31-15-21/h1,6,9,14-15,17-20,40H,5,7-8,10-13,16H2,2-3H3,(H2,30,33)(H,38,39)(H,32,34,35)/t17-,18?,19?,29?/m1/s1. The molecule has 5 N–H and O–H groups in total. The molecule has 210 valence electrons. The SMILES string of the molecule is C#CC1CCC(Cn2c(C(C)(O)c3cccnc3)nc3nc(C(=N)NC(=O)O)nc(N[C@H](C)C4CCC4)c32)CC1. The Balaban J connectivity index is 1.66. The summed E-state index contributed by atoms with van der Waals surface area (Å²) in [4.78, 5) is 29.4. The van der Waals surface area contributed by atoms with E-state index in [9.17, 15) is 15.0 Å². The van der Waals surface area contributed by atoms with E-state index < -0.39 is 17.5 Å². The molecule has 3 heterocycles. The van der Waals surface area contributed by atoms with Gasteiger partial charge in [-0.1, -0.05) is 12.5 Å². The lowest BCUT2D eigenvalue weighted by Crippen LogP contribution is -2.33. The second-order valence-electron chi connectivity index (χ2n) is 11.2. The van der Waals surface area contributed by atoms with Crippen LogP contribution in [0.3, 0.4) is 0 Å². The van der Waals surface area contributed by atoms with Crippen molar-refractivity contribution in [2.75, 3.05) is 5.32 Å². The summed E-state index contributed by atoms with van der Waals surface area (Å²) in [5.74, 6) is 4.29. The lowest BCUT2D eigenvalue weighted by Gasteiger charge is -2.33. The minimum absolute atomic E-state index is 0.0926. The number of nitrogens with one attached hydrogen (secondary N) is 3. The Kier molecular flexibility index (Phi) is 7.72. The van der Waals surface area contributed by atoms with Crippen LogP contribution in [0.4, 0.5) is 10.6 Å². The molecular weight excluding hydrogens is 508 g/mol. The summed E-state index contributed by atoms with van der Waals surface area (Å²) < 4.78 is 2.00. The molecular formula is C29H36N8O3. The molecule has 11 heteroatoms. The summed E-state index contributed by atoms with van der Waals surface area (Å²) in [6.45, 7) is 4.37. The topological polar surface area (TPSA) is 162 Å². The zero-order valence-corrected chi connectivity index (χ0v) is 22.9. The third-order valence-corrected chi connectivity index (χ3v) is 8.46. The molecule has 0 aromatic carbocycles. The molecule has 2 saturated carbocycles. The van der Waals surface area contributed by atoms with Gasteiger partial charge in [-0.2, -0.15) is 0 Å². The van der Waals surface area contributed by atoms with Crippen molar-refractivity contribution in [1.29, 1.82) is 5.41 Å². The van der Waals surface area contributed by atoms with Crippen molar-refractivity contribution >= 4 is 28.9 Å². The number of anilines is 1. The number of carbonyl (C=O) groups is 1. The fourth-order valence-corrected chi connectivity index (χ4v) is 5.78. The van der Waals surface area contributed by atoms with E-state index in [1.807, 2.05) is 9.88 Å². The largest absolute Gasteiger partial charge is 0.465 e. The van der Waals surface area contributed by atoms with Gasteiger partial charge in [-0.15, -0.1) is 12.3 Å². The summed E-state index contributed by atoms with van der Waals surface area (Å²) >= 11 is 0. The number of pyridine rings is 1. The summed E-state index contributed by atoms with van der Waals surface area (Å²) in [5, 5.41) is 34.9. The van der Waals surface area contributed by atoms with Crippen LogP contribution in [-0.4, -0.2) is 52.7 Å². The van der Waals surface area contributed by atoms with Gasteiger partial charge in [0.25, 0.3) is 0 Å². The zero-order valence-electron chi connectivity index (χ0n) is 22.9. The summed E-state index contributed by atoms with van der Waals surface area (Å²) in [6.07, 6.45) is 14.8. The van der Waals surface area contributed by atoms with E-state index in [4.69, 9.17) is 16.8 Å². The maximum absolute atomic E-state index is 11.9. The number of aliphatic hydroxyl groups is 1. The van der Waals surface area contributed by atoms with E-state index in [0.29, 0.717) is 41.1 Å². The van der Waals surface area contributed by atoms with E-state index in [2.05, 4.69) is 33.1 Å². The van der Waals surface area contributed by atoms with Crippen molar-refractivity contribution < 1.29 is 15.0 Å². The molecule has 5 rings (SSSR count). The molecule has 40 heavy (non-hydrogen) atoms. The number of carboxylic acid groups (broad SMARTS) is 1. The van der Waals surface area contributed by atoms with Crippen LogP contribution >= 0.6 is 0 Å². The average Bonchev–Trinajstić information content (AvgIpc) is 3.27.